The van der Waals surface area contributed by atoms with Gasteiger partial charge in [-0.05, 0) is 58.9 Å². The van der Waals surface area contributed by atoms with Gasteiger partial charge in [-0.3, -0.25) is 4.68 Å². The molecule has 1 unspecified atom stereocenters. The lowest BCUT2D eigenvalue weighted by Gasteiger charge is -2.22. The van der Waals surface area contributed by atoms with E-state index in [0.717, 1.165) is 22.8 Å². The lowest BCUT2D eigenvalue weighted by molar-refractivity contribution is -0.162. The molecule has 0 amide bonds. The number of aryl methyl sites for hydroxylation is 2. The second-order valence-corrected chi connectivity index (χ2v) is 8.32. The van der Waals surface area contributed by atoms with Crippen LogP contribution in [-0.4, -0.2) is 43.1 Å². The lowest BCUT2D eigenvalue weighted by atomic mass is 10.2. The van der Waals surface area contributed by atoms with Crippen LogP contribution in [0.3, 0.4) is 0 Å². The van der Waals surface area contributed by atoms with Gasteiger partial charge in [0.2, 0.25) is 0 Å². The fraction of sp³-hybridized carbons (Fsp3) is 0.348. The van der Waals surface area contributed by atoms with Gasteiger partial charge in [-0.2, -0.15) is 5.10 Å². The van der Waals surface area contributed by atoms with E-state index in [1.807, 2.05) is 56.7 Å². The molecular formula is C23H27N3O5. The van der Waals surface area contributed by atoms with Crippen LogP contribution in [0.2, 0.25) is 0 Å². The second kappa shape index (κ2) is 8.29. The lowest BCUT2D eigenvalue weighted by Crippen LogP contribution is -2.33. The zero-order valence-corrected chi connectivity index (χ0v) is 18.5. The molecule has 31 heavy (non-hydrogen) atoms. The van der Waals surface area contributed by atoms with Crippen LogP contribution in [0, 0.1) is 6.92 Å². The van der Waals surface area contributed by atoms with Crippen molar-refractivity contribution in [2.75, 3.05) is 0 Å². The molecule has 0 aliphatic carbocycles. The van der Waals surface area contributed by atoms with E-state index in [1.54, 1.807) is 24.7 Å². The van der Waals surface area contributed by atoms with Crippen molar-refractivity contribution in [3.8, 4) is 11.6 Å². The maximum atomic E-state index is 12.3. The summed E-state index contributed by atoms with van der Waals surface area (Å²) in [5.41, 5.74) is 1.66. The van der Waals surface area contributed by atoms with Gasteiger partial charge in [-0.25, -0.2) is 9.59 Å². The molecule has 8 heteroatoms. The monoisotopic (exact) mass is 425 g/mol. The van der Waals surface area contributed by atoms with Gasteiger partial charge < -0.3 is 19.1 Å². The summed E-state index contributed by atoms with van der Waals surface area (Å²) in [6.45, 7) is 8.90. The largest absolute Gasteiger partial charge is 0.479 e. The molecular weight excluding hydrogens is 398 g/mol. The molecule has 0 saturated heterocycles. The van der Waals surface area contributed by atoms with Crippen molar-refractivity contribution in [2.24, 2.45) is 7.05 Å². The predicted molar refractivity (Wildman–Crippen MR) is 117 cm³/mol. The molecule has 3 rings (SSSR count). The first kappa shape index (κ1) is 22.1. The number of esters is 1. The number of rotatable bonds is 6. The summed E-state index contributed by atoms with van der Waals surface area (Å²) < 4.78 is 14.8. The van der Waals surface area contributed by atoms with Gasteiger partial charge >= 0.3 is 11.9 Å². The number of hydrogen-bond donors (Lipinski definition) is 1. The quantitative estimate of drug-likeness (QED) is 0.476. The maximum Gasteiger partial charge on any atom is 0.347 e. The Balaban J connectivity index is 1.99. The maximum absolute atomic E-state index is 12.3. The van der Waals surface area contributed by atoms with E-state index >= 15 is 0 Å². The molecule has 0 saturated carbocycles. The number of fused-ring (bicyclic) bond motifs is 1. The zero-order valence-electron chi connectivity index (χ0n) is 18.5. The number of carboxylic acids is 1. The van der Waals surface area contributed by atoms with E-state index in [9.17, 15) is 9.59 Å². The number of aromatic nitrogens is 3. The predicted octanol–water partition coefficient (Wildman–Crippen LogP) is 3.88. The van der Waals surface area contributed by atoms with E-state index in [1.165, 1.54) is 6.08 Å². The average molecular weight is 425 g/mol. The molecule has 1 N–H and O–H groups in total. The van der Waals surface area contributed by atoms with Crippen molar-refractivity contribution in [1.82, 2.24) is 14.3 Å². The summed E-state index contributed by atoms with van der Waals surface area (Å²) in [6.07, 6.45) is 3.75. The molecule has 0 radical (unpaired) electrons. The van der Waals surface area contributed by atoms with E-state index in [2.05, 4.69) is 5.10 Å². The number of carbonyl (C=O) groups excluding carboxylic acids is 1. The summed E-state index contributed by atoms with van der Waals surface area (Å²) in [5.74, 6) is -0.223. The Morgan fingerprint density at radius 2 is 1.94 bits per heavy atom. The highest BCUT2D eigenvalue weighted by atomic mass is 16.6. The van der Waals surface area contributed by atoms with Crippen LogP contribution >= 0.6 is 0 Å². The molecule has 1 aromatic carbocycles. The Bertz CT molecular complexity index is 1160. The Morgan fingerprint density at radius 1 is 1.23 bits per heavy atom. The molecule has 0 bridgehead atoms. The molecule has 1 atom stereocenters. The van der Waals surface area contributed by atoms with Crippen molar-refractivity contribution in [3.05, 3.63) is 47.8 Å². The fourth-order valence-electron chi connectivity index (χ4n) is 3.30. The van der Waals surface area contributed by atoms with Crippen LogP contribution in [-0.2, 0) is 21.4 Å². The molecule has 8 nitrogen and oxygen atoms in total. The zero-order chi connectivity index (χ0) is 22.9. The van der Waals surface area contributed by atoms with Gasteiger partial charge in [0, 0.05) is 36.3 Å². The first-order valence-electron chi connectivity index (χ1n) is 9.92. The van der Waals surface area contributed by atoms with Crippen molar-refractivity contribution >= 4 is 28.9 Å². The molecule has 2 heterocycles. The number of nitrogens with zero attached hydrogens (tertiary/aromatic N) is 3. The Kier molecular flexibility index (Phi) is 5.92. The van der Waals surface area contributed by atoms with Gasteiger partial charge in [0.25, 0.3) is 0 Å². The number of hydrogen-bond acceptors (Lipinski definition) is 5. The summed E-state index contributed by atoms with van der Waals surface area (Å²) in [5, 5.41) is 14.4. The summed E-state index contributed by atoms with van der Waals surface area (Å²) in [6, 6.07) is 7.49. The van der Waals surface area contributed by atoms with Gasteiger partial charge in [-0.1, -0.05) is 0 Å². The highest BCUT2D eigenvalue weighted by molar-refractivity contribution is 5.88. The van der Waals surface area contributed by atoms with Crippen molar-refractivity contribution in [3.63, 3.8) is 0 Å². The number of benzene rings is 1. The topological polar surface area (TPSA) is 95.6 Å². The second-order valence-electron chi connectivity index (χ2n) is 8.32. The molecule has 3 aromatic rings. The minimum absolute atomic E-state index is 0.439. The standard InChI is InChI=1S/C23H27N3O5/c1-14-18(9-10-20(27)28)21(25(6)24-14)26-12-11-16-7-8-17(13-19(16)26)30-15(2)22(29)31-23(3,4)5/h7-13,15H,1-6H3,(H,27,28)/b10-9+. The first-order valence-corrected chi connectivity index (χ1v) is 9.92. The van der Waals surface area contributed by atoms with Gasteiger partial charge in [0.05, 0.1) is 11.2 Å². The highest BCUT2D eigenvalue weighted by Crippen LogP contribution is 2.28. The molecule has 0 aliphatic rings. The Hall–Kier alpha value is -3.55. The average Bonchev–Trinajstić information content (AvgIpc) is 3.17. The van der Waals surface area contributed by atoms with Crippen LogP contribution in [0.4, 0.5) is 0 Å². The summed E-state index contributed by atoms with van der Waals surface area (Å²) in [4.78, 5) is 23.3. The van der Waals surface area contributed by atoms with Crippen molar-refractivity contribution in [1.29, 1.82) is 0 Å². The minimum Gasteiger partial charge on any atom is -0.479 e. The molecule has 2 aromatic heterocycles. The van der Waals surface area contributed by atoms with E-state index in [4.69, 9.17) is 14.6 Å². The first-order chi connectivity index (χ1) is 14.5. The Morgan fingerprint density at radius 3 is 2.58 bits per heavy atom. The van der Waals surface area contributed by atoms with Gasteiger partial charge in [-0.15, -0.1) is 0 Å². The van der Waals surface area contributed by atoms with Gasteiger partial charge in [0.15, 0.2) is 6.10 Å². The number of aliphatic carboxylic acids is 1. The number of carbonyl (C=O) groups is 2. The van der Waals surface area contributed by atoms with Crippen LogP contribution in [0.15, 0.2) is 36.5 Å². The number of carboxylic acid groups (broad SMARTS) is 1. The van der Waals surface area contributed by atoms with E-state index in [0.29, 0.717) is 17.0 Å². The highest BCUT2D eigenvalue weighted by Gasteiger charge is 2.23. The van der Waals surface area contributed by atoms with Crippen LogP contribution in [0.1, 0.15) is 39.0 Å². The molecule has 0 spiro atoms. The third-order valence-corrected chi connectivity index (χ3v) is 4.57. The van der Waals surface area contributed by atoms with Crippen LogP contribution in [0.25, 0.3) is 22.8 Å². The molecule has 0 aliphatic heterocycles. The van der Waals surface area contributed by atoms with Crippen molar-refractivity contribution < 1.29 is 24.2 Å². The van der Waals surface area contributed by atoms with E-state index in [-0.39, 0.29) is 0 Å². The Labute approximate surface area is 180 Å². The normalized spacial score (nSPS) is 13.0. The van der Waals surface area contributed by atoms with Crippen LogP contribution < -0.4 is 4.74 Å². The number of ether oxygens (including phenoxy) is 2. The van der Waals surface area contributed by atoms with E-state index < -0.39 is 23.6 Å². The SMILES string of the molecule is Cc1nn(C)c(-n2ccc3ccc(OC(C)C(=O)OC(C)(C)C)cc32)c1/C=C/C(=O)O. The van der Waals surface area contributed by atoms with Crippen molar-refractivity contribution in [2.45, 2.75) is 46.3 Å². The van der Waals surface area contributed by atoms with Crippen LogP contribution in [0.5, 0.6) is 5.75 Å². The smallest absolute Gasteiger partial charge is 0.347 e. The van der Waals surface area contributed by atoms with Gasteiger partial charge in [0.1, 0.15) is 17.2 Å². The third kappa shape index (κ3) is 4.96. The summed E-state index contributed by atoms with van der Waals surface area (Å²) >= 11 is 0. The third-order valence-electron chi connectivity index (χ3n) is 4.57. The minimum atomic E-state index is -1.03. The molecule has 0 fully saturated rings. The summed E-state index contributed by atoms with van der Waals surface area (Å²) in [7, 11) is 1.80. The molecule has 164 valence electrons. The fourth-order valence-corrected chi connectivity index (χ4v) is 3.30.